The third-order valence-electron chi connectivity index (χ3n) is 5.35. The number of ether oxygens (including phenoxy) is 2. The molecule has 0 spiro atoms. The van der Waals surface area contributed by atoms with E-state index in [0.29, 0.717) is 5.75 Å². The topological polar surface area (TPSA) is 128 Å². The van der Waals surface area contributed by atoms with Crippen LogP contribution in [-0.2, 0) is 19.1 Å². The van der Waals surface area contributed by atoms with Crippen LogP contribution in [0.2, 0.25) is 0 Å². The van der Waals surface area contributed by atoms with Crippen molar-refractivity contribution in [3.63, 3.8) is 0 Å². The summed E-state index contributed by atoms with van der Waals surface area (Å²) in [5, 5.41) is 13.5. The molecule has 1 aliphatic rings. The highest BCUT2D eigenvalue weighted by Gasteiger charge is 2.37. The summed E-state index contributed by atoms with van der Waals surface area (Å²) in [5.74, 6) is -2.01. The van der Waals surface area contributed by atoms with Crippen LogP contribution in [0.15, 0.2) is 36.4 Å². The Morgan fingerprint density at radius 1 is 1.25 bits per heavy atom. The molecule has 1 saturated heterocycles. The van der Waals surface area contributed by atoms with Gasteiger partial charge in [-0.2, -0.15) is 0 Å². The van der Waals surface area contributed by atoms with E-state index in [1.54, 1.807) is 4.90 Å². The van der Waals surface area contributed by atoms with E-state index in [4.69, 9.17) is 9.47 Å². The van der Waals surface area contributed by atoms with Crippen LogP contribution in [0.4, 0.5) is 17.1 Å². The van der Waals surface area contributed by atoms with Crippen molar-refractivity contribution in [2.75, 3.05) is 30.5 Å². The van der Waals surface area contributed by atoms with Crippen molar-refractivity contribution in [3.8, 4) is 5.75 Å². The Morgan fingerprint density at radius 2 is 2.00 bits per heavy atom. The molecule has 1 N–H and O–H groups in total. The second-order valence-corrected chi connectivity index (χ2v) is 7.42. The quantitative estimate of drug-likeness (QED) is 0.397. The van der Waals surface area contributed by atoms with E-state index in [1.807, 2.05) is 32.0 Å². The van der Waals surface area contributed by atoms with Gasteiger partial charge in [0.15, 0.2) is 6.61 Å². The molecule has 0 aliphatic carbocycles. The zero-order valence-corrected chi connectivity index (χ0v) is 17.9. The fourth-order valence-electron chi connectivity index (χ4n) is 3.47. The maximum atomic E-state index is 12.5. The van der Waals surface area contributed by atoms with Gasteiger partial charge >= 0.3 is 5.97 Å². The monoisotopic (exact) mass is 441 g/mol. The lowest BCUT2D eigenvalue weighted by molar-refractivity contribution is -0.383. The van der Waals surface area contributed by atoms with E-state index in [-0.39, 0.29) is 30.2 Å². The Labute approximate surface area is 184 Å². The molecule has 0 bridgehead atoms. The van der Waals surface area contributed by atoms with Gasteiger partial charge in [0.1, 0.15) is 11.4 Å². The zero-order valence-electron chi connectivity index (χ0n) is 17.9. The number of rotatable bonds is 7. The number of hydrogen-bond donors (Lipinski definition) is 1. The van der Waals surface area contributed by atoms with Gasteiger partial charge < -0.3 is 19.7 Å². The first-order chi connectivity index (χ1) is 15.2. The number of esters is 1. The van der Waals surface area contributed by atoms with E-state index in [1.165, 1.54) is 25.3 Å². The van der Waals surface area contributed by atoms with E-state index >= 15 is 0 Å². The van der Waals surface area contributed by atoms with Crippen molar-refractivity contribution >= 4 is 34.8 Å². The highest BCUT2D eigenvalue weighted by atomic mass is 16.6. The van der Waals surface area contributed by atoms with Crippen LogP contribution in [-0.4, -0.2) is 43.0 Å². The molecule has 0 saturated carbocycles. The lowest BCUT2D eigenvalue weighted by Crippen LogP contribution is -2.28. The van der Waals surface area contributed by atoms with Gasteiger partial charge in [-0.05, 0) is 37.1 Å². The first-order valence-electron chi connectivity index (χ1n) is 9.86. The van der Waals surface area contributed by atoms with Gasteiger partial charge in [0.2, 0.25) is 5.91 Å². The van der Waals surface area contributed by atoms with Crippen LogP contribution in [0.5, 0.6) is 5.75 Å². The summed E-state index contributed by atoms with van der Waals surface area (Å²) in [6, 6.07) is 9.51. The molecular formula is C22H23N3O7. The number of benzene rings is 2. The number of carbonyl (C=O) groups excluding carboxylic acids is 3. The molecule has 2 amide bonds. The normalized spacial score (nSPS) is 15.4. The number of aryl methyl sites for hydroxylation is 1. The van der Waals surface area contributed by atoms with Gasteiger partial charge in [-0.3, -0.25) is 24.5 Å². The van der Waals surface area contributed by atoms with Crippen molar-refractivity contribution in [3.05, 3.63) is 57.6 Å². The SMILES string of the molecule is COc1ccc([N+](=O)[O-])c(NC(=O)COC(=O)[C@H]2CC(=O)N(c3cccc(C)c3C)C2)c1. The molecule has 1 heterocycles. The van der Waals surface area contributed by atoms with Crippen LogP contribution >= 0.6 is 0 Å². The first kappa shape index (κ1) is 22.7. The average Bonchev–Trinajstić information content (AvgIpc) is 3.15. The second-order valence-electron chi connectivity index (χ2n) is 7.42. The zero-order chi connectivity index (χ0) is 23.4. The van der Waals surface area contributed by atoms with Crippen LogP contribution < -0.4 is 15.0 Å². The molecule has 1 fully saturated rings. The average molecular weight is 441 g/mol. The number of anilines is 2. The predicted octanol–water partition coefficient (Wildman–Crippen LogP) is 2.76. The standard InChI is InChI=1S/C22H23N3O7/c1-13-5-4-6-18(14(13)2)24-11-15(9-21(24)27)22(28)32-12-20(26)23-17-10-16(31-3)7-8-19(17)25(29)30/h4-8,10,15H,9,11-12H2,1-3H3,(H,23,26)/t15-/m0/s1. The molecule has 2 aromatic carbocycles. The number of hydrogen-bond acceptors (Lipinski definition) is 7. The number of nitrogens with one attached hydrogen (secondary N) is 1. The van der Waals surface area contributed by atoms with E-state index in [9.17, 15) is 24.5 Å². The van der Waals surface area contributed by atoms with Crippen LogP contribution in [0.3, 0.4) is 0 Å². The Hall–Kier alpha value is -3.95. The van der Waals surface area contributed by atoms with Crippen molar-refractivity contribution < 1.29 is 28.8 Å². The summed E-state index contributed by atoms with van der Waals surface area (Å²) in [4.78, 5) is 49.2. The Kier molecular flexibility index (Phi) is 6.72. The van der Waals surface area contributed by atoms with Gasteiger partial charge in [0.05, 0.1) is 18.0 Å². The Morgan fingerprint density at radius 3 is 2.69 bits per heavy atom. The van der Waals surface area contributed by atoms with Gasteiger partial charge in [-0.15, -0.1) is 0 Å². The van der Waals surface area contributed by atoms with E-state index in [2.05, 4.69) is 5.32 Å². The summed E-state index contributed by atoms with van der Waals surface area (Å²) in [5.41, 5.74) is 2.33. The molecule has 10 nitrogen and oxygen atoms in total. The molecule has 32 heavy (non-hydrogen) atoms. The highest BCUT2D eigenvalue weighted by Crippen LogP contribution is 2.30. The van der Waals surface area contributed by atoms with Crippen molar-refractivity contribution in [2.24, 2.45) is 5.92 Å². The van der Waals surface area contributed by atoms with Crippen molar-refractivity contribution in [1.29, 1.82) is 0 Å². The molecule has 0 radical (unpaired) electrons. The van der Waals surface area contributed by atoms with Crippen LogP contribution in [0.25, 0.3) is 0 Å². The molecule has 0 aromatic heterocycles. The number of amides is 2. The van der Waals surface area contributed by atoms with Gasteiger partial charge in [0, 0.05) is 30.8 Å². The minimum absolute atomic E-state index is 0.0187. The summed E-state index contributed by atoms with van der Waals surface area (Å²) in [6.07, 6.45) is -0.0187. The molecule has 1 aliphatic heterocycles. The smallest absolute Gasteiger partial charge is 0.311 e. The molecular weight excluding hydrogens is 418 g/mol. The Bertz CT molecular complexity index is 1080. The number of nitro benzene ring substituents is 1. The summed E-state index contributed by atoms with van der Waals surface area (Å²) >= 11 is 0. The summed E-state index contributed by atoms with van der Waals surface area (Å²) in [7, 11) is 1.39. The number of carbonyl (C=O) groups is 3. The molecule has 10 heteroatoms. The maximum Gasteiger partial charge on any atom is 0.311 e. The first-order valence-corrected chi connectivity index (χ1v) is 9.86. The third kappa shape index (κ3) is 4.85. The number of methoxy groups -OCH3 is 1. The van der Waals surface area contributed by atoms with Gasteiger partial charge in [-0.25, -0.2) is 0 Å². The van der Waals surface area contributed by atoms with E-state index < -0.39 is 29.3 Å². The van der Waals surface area contributed by atoms with Crippen molar-refractivity contribution in [2.45, 2.75) is 20.3 Å². The maximum absolute atomic E-state index is 12.5. The summed E-state index contributed by atoms with van der Waals surface area (Å²) in [6.45, 7) is 3.37. The van der Waals surface area contributed by atoms with Crippen molar-refractivity contribution in [1.82, 2.24) is 0 Å². The minimum atomic E-state index is -0.745. The van der Waals surface area contributed by atoms with Gasteiger partial charge in [-0.1, -0.05) is 12.1 Å². The van der Waals surface area contributed by atoms with E-state index in [0.717, 1.165) is 16.8 Å². The molecule has 0 unspecified atom stereocenters. The molecule has 1 atom stereocenters. The largest absolute Gasteiger partial charge is 0.497 e. The fourth-order valence-corrected chi connectivity index (χ4v) is 3.47. The number of nitro groups is 1. The molecule has 168 valence electrons. The second kappa shape index (κ2) is 9.46. The lowest BCUT2D eigenvalue weighted by Gasteiger charge is -2.20. The highest BCUT2D eigenvalue weighted by molar-refractivity contribution is 6.00. The summed E-state index contributed by atoms with van der Waals surface area (Å²) < 4.78 is 10.1. The number of nitrogens with zero attached hydrogens (tertiary/aromatic N) is 2. The van der Waals surface area contributed by atoms with Crippen LogP contribution in [0.1, 0.15) is 17.5 Å². The minimum Gasteiger partial charge on any atom is -0.497 e. The fraction of sp³-hybridized carbons (Fsp3) is 0.318. The lowest BCUT2D eigenvalue weighted by atomic mass is 10.1. The third-order valence-corrected chi connectivity index (χ3v) is 5.35. The van der Waals surface area contributed by atoms with Crippen LogP contribution in [0, 0.1) is 29.9 Å². The Balaban J connectivity index is 1.60. The predicted molar refractivity (Wildman–Crippen MR) is 116 cm³/mol. The molecule has 3 rings (SSSR count). The van der Waals surface area contributed by atoms with Gasteiger partial charge in [0.25, 0.3) is 11.6 Å². The molecule has 2 aromatic rings.